The molecule has 0 N–H and O–H groups in total. The summed E-state index contributed by atoms with van der Waals surface area (Å²) in [5.74, 6) is 0.953. The molecule has 2 nitrogen and oxygen atoms in total. The van der Waals surface area contributed by atoms with Crippen molar-refractivity contribution < 1.29 is 9.47 Å². The van der Waals surface area contributed by atoms with Crippen LogP contribution in [-0.4, -0.2) is 19.3 Å². The summed E-state index contributed by atoms with van der Waals surface area (Å²) in [6, 6.07) is 14.3. The molecule has 2 aromatic carbocycles. The molecule has 2 aliphatic rings. The van der Waals surface area contributed by atoms with Gasteiger partial charge in [0.05, 0.1) is 13.2 Å². The van der Waals surface area contributed by atoms with Gasteiger partial charge in [-0.15, -0.1) is 0 Å². The SMILES string of the molecule is CC.Clc1ccc(Br)cc1Cc1ccc(OC2CC3(COC3)C2)cc1. The third kappa shape index (κ3) is 4.39. The Balaban J connectivity index is 0.000000880. The van der Waals surface area contributed by atoms with Gasteiger partial charge in [-0.1, -0.05) is 53.5 Å². The van der Waals surface area contributed by atoms with E-state index >= 15 is 0 Å². The third-order valence-corrected chi connectivity index (χ3v) is 5.63. The van der Waals surface area contributed by atoms with Gasteiger partial charge in [0.2, 0.25) is 0 Å². The molecular formula is C21H24BrClO2. The fraction of sp³-hybridized carbons (Fsp3) is 0.429. The molecule has 25 heavy (non-hydrogen) atoms. The smallest absolute Gasteiger partial charge is 0.119 e. The Morgan fingerprint density at radius 2 is 1.80 bits per heavy atom. The Hall–Kier alpha value is -1.03. The maximum Gasteiger partial charge on any atom is 0.119 e. The molecule has 0 amide bonds. The standard InChI is InChI=1S/C19H18BrClO2.C2H6/c20-15-3-6-18(21)14(8-15)7-13-1-4-16(5-2-13)23-17-9-19(10-17)11-22-12-19;1-2/h1-6,8,17H,7,9-12H2;1-2H3. The minimum Gasteiger partial charge on any atom is -0.490 e. The van der Waals surface area contributed by atoms with Crippen LogP contribution in [0.1, 0.15) is 37.8 Å². The summed E-state index contributed by atoms with van der Waals surface area (Å²) >= 11 is 9.76. The van der Waals surface area contributed by atoms with Crippen molar-refractivity contribution in [1.29, 1.82) is 0 Å². The van der Waals surface area contributed by atoms with Crippen molar-refractivity contribution in [2.45, 2.75) is 39.2 Å². The molecule has 2 aromatic rings. The summed E-state index contributed by atoms with van der Waals surface area (Å²) in [5.41, 5.74) is 2.80. The van der Waals surface area contributed by atoms with Crippen LogP contribution in [0.4, 0.5) is 0 Å². The van der Waals surface area contributed by atoms with Gasteiger partial charge >= 0.3 is 0 Å². The van der Waals surface area contributed by atoms with Crippen LogP contribution in [0.3, 0.4) is 0 Å². The lowest BCUT2D eigenvalue weighted by Gasteiger charge is -2.52. The normalized spacial score (nSPS) is 17.9. The first-order valence-corrected chi connectivity index (χ1v) is 10.1. The van der Waals surface area contributed by atoms with Gasteiger partial charge in [-0.05, 0) is 60.7 Å². The lowest BCUT2D eigenvalue weighted by molar-refractivity contribution is -0.191. The molecule has 1 heterocycles. The Labute approximate surface area is 163 Å². The zero-order valence-electron chi connectivity index (χ0n) is 14.7. The highest BCUT2D eigenvalue weighted by Gasteiger charge is 2.51. The van der Waals surface area contributed by atoms with Crippen LogP contribution >= 0.6 is 27.5 Å². The van der Waals surface area contributed by atoms with Crippen LogP contribution in [0.25, 0.3) is 0 Å². The van der Waals surface area contributed by atoms with E-state index in [0.717, 1.165) is 53.3 Å². The van der Waals surface area contributed by atoms with E-state index in [1.165, 1.54) is 5.56 Å². The number of hydrogen-bond donors (Lipinski definition) is 0. The maximum atomic E-state index is 6.26. The largest absolute Gasteiger partial charge is 0.490 e. The predicted molar refractivity (Wildman–Crippen MR) is 107 cm³/mol. The summed E-state index contributed by atoms with van der Waals surface area (Å²) < 4.78 is 12.4. The Morgan fingerprint density at radius 1 is 1.12 bits per heavy atom. The van der Waals surface area contributed by atoms with Crippen molar-refractivity contribution in [3.05, 3.63) is 63.1 Å². The fourth-order valence-corrected chi connectivity index (χ4v) is 3.99. The molecule has 1 saturated heterocycles. The van der Waals surface area contributed by atoms with Gasteiger partial charge in [0.25, 0.3) is 0 Å². The van der Waals surface area contributed by atoms with Crippen molar-refractivity contribution in [2.75, 3.05) is 13.2 Å². The van der Waals surface area contributed by atoms with E-state index < -0.39 is 0 Å². The van der Waals surface area contributed by atoms with Crippen LogP contribution in [0.15, 0.2) is 46.9 Å². The highest BCUT2D eigenvalue weighted by atomic mass is 79.9. The molecule has 0 aromatic heterocycles. The predicted octanol–water partition coefficient (Wildman–Crippen LogP) is 6.28. The molecule has 134 valence electrons. The minimum atomic E-state index is 0.351. The first-order chi connectivity index (χ1) is 12.1. The van der Waals surface area contributed by atoms with Crippen LogP contribution < -0.4 is 4.74 Å². The minimum absolute atomic E-state index is 0.351. The Bertz CT molecular complexity index is 702. The zero-order valence-corrected chi connectivity index (χ0v) is 17.1. The third-order valence-electron chi connectivity index (χ3n) is 4.77. The highest BCUT2D eigenvalue weighted by Crippen LogP contribution is 2.48. The van der Waals surface area contributed by atoms with Crippen molar-refractivity contribution in [2.24, 2.45) is 5.41 Å². The summed E-state index contributed by atoms with van der Waals surface area (Å²) in [5, 5.41) is 0.802. The second kappa shape index (κ2) is 8.11. The van der Waals surface area contributed by atoms with Gasteiger partial charge in [0.1, 0.15) is 11.9 Å². The van der Waals surface area contributed by atoms with Crippen molar-refractivity contribution >= 4 is 27.5 Å². The van der Waals surface area contributed by atoms with Gasteiger partial charge in [-0.3, -0.25) is 0 Å². The van der Waals surface area contributed by atoms with E-state index in [0.29, 0.717) is 11.5 Å². The average Bonchev–Trinajstić information content (AvgIpc) is 2.55. The van der Waals surface area contributed by atoms with E-state index in [1.54, 1.807) is 0 Å². The quantitative estimate of drug-likeness (QED) is 0.576. The molecule has 0 radical (unpaired) electrons. The molecule has 2 fully saturated rings. The molecule has 4 rings (SSSR count). The summed E-state index contributed by atoms with van der Waals surface area (Å²) in [7, 11) is 0. The second-order valence-electron chi connectivity index (χ2n) is 6.70. The Kier molecular flexibility index (Phi) is 6.08. The van der Waals surface area contributed by atoms with Crippen molar-refractivity contribution in [3.63, 3.8) is 0 Å². The summed E-state index contributed by atoms with van der Waals surface area (Å²) in [4.78, 5) is 0. The number of rotatable bonds is 4. The molecule has 1 aliphatic carbocycles. The van der Waals surface area contributed by atoms with Crippen LogP contribution in [0, 0.1) is 5.41 Å². The maximum absolute atomic E-state index is 6.26. The molecule has 1 spiro atoms. The van der Waals surface area contributed by atoms with Crippen LogP contribution in [-0.2, 0) is 11.2 Å². The van der Waals surface area contributed by atoms with Gasteiger partial charge in [-0.25, -0.2) is 0 Å². The van der Waals surface area contributed by atoms with Gasteiger partial charge in [0, 0.05) is 14.9 Å². The molecule has 0 unspecified atom stereocenters. The summed E-state index contributed by atoms with van der Waals surface area (Å²) in [6.07, 6.45) is 3.43. The monoisotopic (exact) mass is 422 g/mol. The van der Waals surface area contributed by atoms with E-state index in [4.69, 9.17) is 21.1 Å². The number of halogens is 2. The molecule has 1 aliphatic heterocycles. The lowest BCUT2D eigenvalue weighted by Crippen LogP contribution is -2.56. The molecule has 1 saturated carbocycles. The van der Waals surface area contributed by atoms with Gasteiger partial charge < -0.3 is 9.47 Å². The topological polar surface area (TPSA) is 18.5 Å². The van der Waals surface area contributed by atoms with E-state index in [2.05, 4.69) is 46.3 Å². The van der Waals surface area contributed by atoms with Crippen molar-refractivity contribution in [1.82, 2.24) is 0 Å². The van der Waals surface area contributed by atoms with Crippen molar-refractivity contribution in [3.8, 4) is 5.75 Å². The first kappa shape index (κ1) is 18.8. The number of hydrogen-bond acceptors (Lipinski definition) is 2. The van der Waals surface area contributed by atoms with Crippen LogP contribution in [0.5, 0.6) is 5.75 Å². The fourth-order valence-electron chi connectivity index (χ4n) is 3.39. The highest BCUT2D eigenvalue weighted by molar-refractivity contribution is 9.10. The molecule has 0 atom stereocenters. The lowest BCUT2D eigenvalue weighted by atomic mass is 9.65. The zero-order chi connectivity index (χ0) is 17.9. The molecular weight excluding hydrogens is 400 g/mol. The average molecular weight is 424 g/mol. The molecule has 4 heteroatoms. The summed E-state index contributed by atoms with van der Waals surface area (Å²) in [6.45, 7) is 5.83. The molecule has 0 bridgehead atoms. The number of benzene rings is 2. The first-order valence-electron chi connectivity index (χ1n) is 8.89. The second-order valence-corrected chi connectivity index (χ2v) is 8.02. The van der Waals surface area contributed by atoms with Crippen LogP contribution in [0.2, 0.25) is 5.02 Å². The Morgan fingerprint density at radius 3 is 2.40 bits per heavy atom. The van der Waals surface area contributed by atoms with E-state index in [-0.39, 0.29) is 0 Å². The van der Waals surface area contributed by atoms with E-state index in [9.17, 15) is 0 Å². The van der Waals surface area contributed by atoms with E-state index in [1.807, 2.05) is 26.0 Å². The van der Waals surface area contributed by atoms with Gasteiger partial charge in [-0.2, -0.15) is 0 Å². The van der Waals surface area contributed by atoms with Gasteiger partial charge in [0.15, 0.2) is 0 Å². The number of ether oxygens (including phenoxy) is 2.